The number of aromatic carboxylic acids is 2. The average Bonchev–Trinajstić information content (AvgIpc) is 2.70. The third-order valence-electron chi connectivity index (χ3n) is 3.63. The summed E-state index contributed by atoms with van der Waals surface area (Å²) in [4.78, 5) is 59.1. The van der Waals surface area contributed by atoms with Crippen molar-refractivity contribution < 1.29 is 34.2 Å². The van der Waals surface area contributed by atoms with Crippen LogP contribution in [-0.4, -0.2) is 38.2 Å². The molecule has 0 fully saturated rings. The second-order valence-corrected chi connectivity index (χ2v) is 7.42. The van der Waals surface area contributed by atoms with Gasteiger partial charge >= 0.3 is 11.9 Å². The van der Waals surface area contributed by atoms with E-state index < -0.39 is 28.0 Å². The van der Waals surface area contributed by atoms with Crippen LogP contribution in [0.15, 0.2) is 36.4 Å². The molecule has 0 radical (unpaired) electrons. The van der Waals surface area contributed by atoms with E-state index in [0.29, 0.717) is 21.6 Å². The summed E-state index contributed by atoms with van der Waals surface area (Å²) in [6.07, 6.45) is 0. The van der Waals surface area contributed by atoms with Gasteiger partial charge in [0.15, 0.2) is 5.78 Å². The van der Waals surface area contributed by atoms with E-state index in [9.17, 15) is 34.2 Å². The Balaban J connectivity index is 2.56. The number of rotatable bonds is 6. The molecular formula is C17H10O7S4. The summed E-state index contributed by atoms with van der Waals surface area (Å²) in [7, 11) is 1.03. The minimum Gasteiger partial charge on any atom is -0.478 e. The lowest BCUT2D eigenvalue weighted by molar-refractivity contribution is 0.0684. The van der Waals surface area contributed by atoms with Crippen molar-refractivity contribution in [3.63, 3.8) is 0 Å². The number of hydrogen-bond donors (Lipinski definition) is 4. The Morgan fingerprint density at radius 3 is 1.54 bits per heavy atom. The minimum atomic E-state index is -1.40. The predicted molar refractivity (Wildman–Crippen MR) is 112 cm³/mol. The number of hydrogen-bond acceptors (Lipinski definition) is 9. The van der Waals surface area contributed by atoms with Crippen molar-refractivity contribution in [3.8, 4) is 0 Å². The molecule has 7 nitrogen and oxygen atoms in total. The van der Waals surface area contributed by atoms with E-state index in [0.717, 1.165) is 18.2 Å². The summed E-state index contributed by atoms with van der Waals surface area (Å²) in [5.41, 5.74) is -1.06. The zero-order valence-electron chi connectivity index (χ0n) is 13.6. The van der Waals surface area contributed by atoms with Gasteiger partial charge in [0, 0.05) is 22.3 Å². The lowest BCUT2D eigenvalue weighted by Crippen LogP contribution is -2.11. The van der Waals surface area contributed by atoms with E-state index in [2.05, 4.69) is 23.3 Å². The third kappa shape index (κ3) is 4.61. The molecule has 0 aliphatic carbocycles. The monoisotopic (exact) mass is 454 g/mol. The molecule has 2 aromatic carbocycles. The summed E-state index contributed by atoms with van der Waals surface area (Å²) in [5, 5.41) is 17.2. The first kappa shape index (κ1) is 22.1. The van der Waals surface area contributed by atoms with Crippen molar-refractivity contribution in [3.05, 3.63) is 69.8 Å². The van der Waals surface area contributed by atoms with Crippen LogP contribution in [0.1, 0.15) is 57.4 Å². The lowest BCUT2D eigenvalue weighted by atomic mass is 9.96. The quantitative estimate of drug-likeness (QED) is 0.293. The predicted octanol–water partition coefficient (Wildman–Crippen LogP) is 3.75. The molecule has 0 bridgehead atoms. The van der Waals surface area contributed by atoms with Crippen molar-refractivity contribution in [1.82, 2.24) is 0 Å². The molecule has 2 aromatic rings. The van der Waals surface area contributed by atoms with Crippen LogP contribution < -0.4 is 0 Å². The first-order chi connectivity index (χ1) is 13.2. The zero-order valence-corrected chi connectivity index (χ0v) is 17.0. The Hall–Kier alpha value is -2.21. The smallest absolute Gasteiger partial charge is 0.336 e. The first-order valence-corrected chi connectivity index (χ1v) is 11.0. The Kier molecular flexibility index (Phi) is 7.35. The van der Waals surface area contributed by atoms with Gasteiger partial charge in [0.1, 0.15) is 0 Å². The molecule has 28 heavy (non-hydrogen) atoms. The molecule has 0 aromatic heterocycles. The van der Waals surface area contributed by atoms with Crippen molar-refractivity contribution in [2.24, 2.45) is 0 Å². The highest BCUT2D eigenvalue weighted by Gasteiger charge is 2.22. The number of carboxylic acid groups (broad SMARTS) is 2. The normalized spacial score (nSPS) is 10.4. The Bertz CT molecular complexity index is 1020. The average molecular weight is 455 g/mol. The minimum absolute atomic E-state index is 0.0188. The lowest BCUT2D eigenvalue weighted by Gasteiger charge is -2.09. The van der Waals surface area contributed by atoms with E-state index in [1.165, 1.54) is 18.2 Å². The van der Waals surface area contributed by atoms with Crippen LogP contribution in [0.3, 0.4) is 0 Å². The van der Waals surface area contributed by atoms with Crippen LogP contribution in [0.25, 0.3) is 0 Å². The van der Waals surface area contributed by atoms with Crippen LogP contribution in [0.5, 0.6) is 0 Å². The number of carbonyl (C=O) groups is 5. The molecular weight excluding hydrogens is 444 g/mol. The van der Waals surface area contributed by atoms with Gasteiger partial charge in [-0.05, 0) is 45.9 Å². The van der Waals surface area contributed by atoms with Crippen molar-refractivity contribution in [2.75, 3.05) is 0 Å². The zero-order chi connectivity index (χ0) is 21.0. The fourth-order valence-electron chi connectivity index (χ4n) is 2.35. The fourth-order valence-corrected chi connectivity index (χ4v) is 3.48. The fraction of sp³-hybridized carbons (Fsp3) is 0. The first-order valence-electron chi connectivity index (χ1n) is 7.22. The second kappa shape index (κ2) is 9.32. The molecule has 11 heteroatoms. The molecule has 2 rings (SSSR count). The van der Waals surface area contributed by atoms with Crippen LogP contribution in [-0.2, 0) is 0 Å². The Labute approximate surface area is 176 Å². The van der Waals surface area contributed by atoms with Crippen LogP contribution >= 0.6 is 44.9 Å². The topological polar surface area (TPSA) is 126 Å². The summed E-state index contributed by atoms with van der Waals surface area (Å²) in [5.74, 6) is -3.39. The number of thiol groups is 2. The van der Waals surface area contributed by atoms with Crippen LogP contribution in [0.2, 0.25) is 0 Å². The van der Waals surface area contributed by atoms with Gasteiger partial charge in [-0.15, -0.1) is 23.3 Å². The van der Waals surface area contributed by atoms with E-state index in [1.807, 2.05) is 0 Å². The van der Waals surface area contributed by atoms with E-state index in [4.69, 9.17) is 0 Å². The summed E-state index contributed by atoms with van der Waals surface area (Å²) < 4.78 is 0. The van der Waals surface area contributed by atoms with Crippen LogP contribution in [0.4, 0.5) is 0 Å². The van der Waals surface area contributed by atoms with Crippen molar-refractivity contribution in [2.45, 2.75) is 0 Å². The molecule has 0 amide bonds. The highest BCUT2D eigenvalue weighted by Crippen LogP contribution is 2.24. The molecule has 0 heterocycles. The second-order valence-electron chi connectivity index (χ2n) is 5.22. The number of ketones is 1. The van der Waals surface area contributed by atoms with Gasteiger partial charge in [-0.25, -0.2) is 9.59 Å². The summed E-state index contributed by atoms with van der Waals surface area (Å²) >= 11 is 7.51. The van der Waals surface area contributed by atoms with Gasteiger partial charge in [-0.3, -0.25) is 14.4 Å². The molecule has 0 aliphatic rings. The summed E-state index contributed by atoms with van der Waals surface area (Å²) in [6, 6.07) is 6.95. The number of carboxylic acids is 2. The maximum absolute atomic E-state index is 12.7. The molecule has 0 atom stereocenters. The highest BCUT2D eigenvalue weighted by atomic mass is 33.1. The van der Waals surface area contributed by atoms with Gasteiger partial charge in [0.25, 0.3) is 0 Å². The van der Waals surface area contributed by atoms with E-state index >= 15 is 0 Å². The molecule has 2 N–H and O–H groups in total. The van der Waals surface area contributed by atoms with Crippen molar-refractivity contribution >= 4 is 72.9 Å². The van der Waals surface area contributed by atoms with Crippen molar-refractivity contribution in [1.29, 1.82) is 0 Å². The molecule has 0 saturated carbocycles. The largest absolute Gasteiger partial charge is 0.478 e. The van der Waals surface area contributed by atoms with Crippen LogP contribution in [0, 0.1) is 0 Å². The van der Waals surface area contributed by atoms with E-state index in [-0.39, 0.29) is 33.4 Å². The maximum atomic E-state index is 12.7. The maximum Gasteiger partial charge on any atom is 0.336 e. The molecule has 0 aliphatic heterocycles. The van der Waals surface area contributed by atoms with Gasteiger partial charge in [-0.2, -0.15) is 0 Å². The molecule has 0 spiro atoms. The highest BCUT2D eigenvalue weighted by molar-refractivity contribution is 8.75. The Morgan fingerprint density at radius 2 is 1.07 bits per heavy atom. The van der Waals surface area contributed by atoms with Gasteiger partial charge in [-0.1, -0.05) is 12.1 Å². The molecule has 144 valence electrons. The number of carbonyl (C=O) groups excluding carboxylic acids is 3. The Morgan fingerprint density at radius 1 is 0.643 bits per heavy atom. The molecule has 0 unspecified atom stereocenters. The van der Waals surface area contributed by atoms with Gasteiger partial charge < -0.3 is 10.2 Å². The SMILES string of the molecule is O=C(c1ccc(C(=O)SS)c(C(=O)O)c1)c1ccc(C(=O)O)c(C(=O)SS)c1. The van der Waals surface area contributed by atoms with E-state index in [1.54, 1.807) is 0 Å². The van der Waals surface area contributed by atoms with Gasteiger partial charge in [0.2, 0.25) is 10.2 Å². The molecule has 0 saturated heterocycles. The third-order valence-corrected chi connectivity index (χ3v) is 5.40. The standard InChI is InChI=1S/C17H10O7S4/c18-13(7-2-4-10(16(23)27-25)11(5-7)15(21)22)8-1-3-9(14(19)20)12(6-8)17(24)28-26/h1-6,25-26H,(H,19,20)(H,21,22). The number of benzene rings is 2. The summed E-state index contributed by atoms with van der Waals surface area (Å²) in [6.45, 7) is 0. The van der Waals surface area contributed by atoms with Gasteiger partial charge in [0.05, 0.1) is 11.1 Å².